The maximum absolute atomic E-state index is 9.20. The normalized spacial score (nSPS) is 12.6. The molecule has 0 saturated heterocycles. The summed E-state index contributed by atoms with van der Waals surface area (Å²) in [5.74, 6) is 0.268. The van der Waals surface area contributed by atoms with Gasteiger partial charge in [-0.25, -0.2) is 4.98 Å². The van der Waals surface area contributed by atoms with Gasteiger partial charge in [0.15, 0.2) is 0 Å². The Bertz CT molecular complexity index is 493. The van der Waals surface area contributed by atoms with Crippen LogP contribution in [0.4, 0.5) is 0 Å². The van der Waals surface area contributed by atoms with Crippen LogP contribution in [-0.4, -0.2) is 26.4 Å². The fraction of sp³-hybridized carbons (Fsp3) is 0.308. The number of aromatic hydroxyl groups is 1. The smallest absolute Gasteiger partial charge is 0.115 e. The molecule has 0 bridgehead atoms. The van der Waals surface area contributed by atoms with Crippen LogP contribution in [0.1, 0.15) is 17.3 Å². The standard InChI is InChI=1S/C13H17N3O2/c14-12(8-17)13-7-15-9-16(13)6-5-10-1-3-11(18)4-2-10/h1-4,7,9,12,17-18H,5-6,8,14H2. The molecule has 1 unspecified atom stereocenters. The highest BCUT2D eigenvalue weighted by Gasteiger charge is 2.10. The average molecular weight is 247 g/mol. The summed E-state index contributed by atoms with van der Waals surface area (Å²) in [6, 6.07) is 6.72. The minimum Gasteiger partial charge on any atom is -0.508 e. The number of rotatable bonds is 5. The van der Waals surface area contributed by atoms with Crippen molar-refractivity contribution >= 4 is 0 Å². The van der Waals surface area contributed by atoms with Crippen molar-refractivity contribution in [2.45, 2.75) is 19.0 Å². The second kappa shape index (κ2) is 5.66. The van der Waals surface area contributed by atoms with Crippen LogP contribution >= 0.6 is 0 Å². The molecule has 4 N–H and O–H groups in total. The van der Waals surface area contributed by atoms with Gasteiger partial charge in [-0.15, -0.1) is 0 Å². The number of nitrogens with two attached hydrogens (primary N) is 1. The van der Waals surface area contributed by atoms with Gasteiger partial charge in [0, 0.05) is 12.7 Å². The summed E-state index contributed by atoms with van der Waals surface area (Å²) in [5, 5.41) is 18.3. The van der Waals surface area contributed by atoms with E-state index in [1.807, 2.05) is 16.7 Å². The molecule has 0 aliphatic heterocycles. The van der Waals surface area contributed by atoms with Crippen LogP contribution in [-0.2, 0) is 13.0 Å². The number of aryl methyl sites for hydroxylation is 2. The van der Waals surface area contributed by atoms with E-state index in [1.165, 1.54) is 0 Å². The van der Waals surface area contributed by atoms with E-state index in [9.17, 15) is 5.11 Å². The number of imidazole rings is 1. The third-order valence-electron chi connectivity index (χ3n) is 2.90. The highest BCUT2D eigenvalue weighted by atomic mass is 16.3. The number of hydrogen-bond acceptors (Lipinski definition) is 4. The first-order chi connectivity index (χ1) is 8.70. The van der Waals surface area contributed by atoms with Crippen molar-refractivity contribution in [3.63, 3.8) is 0 Å². The van der Waals surface area contributed by atoms with E-state index in [0.717, 1.165) is 24.2 Å². The first-order valence-corrected chi connectivity index (χ1v) is 5.85. The SMILES string of the molecule is NC(CO)c1cncn1CCc1ccc(O)cc1. The molecule has 5 nitrogen and oxygen atoms in total. The lowest BCUT2D eigenvalue weighted by Gasteiger charge is -2.12. The monoisotopic (exact) mass is 247 g/mol. The molecule has 0 radical (unpaired) electrons. The van der Waals surface area contributed by atoms with Crippen molar-refractivity contribution in [2.75, 3.05) is 6.61 Å². The topological polar surface area (TPSA) is 84.3 Å². The summed E-state index contributed by atoms with van der Waals surface area (Å²) in [4.78, 5) is 4.05. The predicted molar refractivity (Wildman–Crippen MR) is 68.1 cm³/mol. The molecule has 0 aliphatic carbocycles. The number of hydrogen-bond donors (Lipinski definition) is 3. The highest BCUT2D eigenvalue weighted by molar-refractivity contribution is 5.25. The van der Waals surface area contributed by atoms with Gasteiger partial charge in [-0.2, -0.15) is 0 Å². The number of phenolic OH excluding ortho intramolecular Hbond substituents is 1. The second-order valence-corrected chi connectivity index (χ2v) is 4.22. The summed E-state index contributed by atoms with van der Waals surface area (Å²) in [6.45, 7) is 0.651. The minimum absolute atomic E-state index is 0.0924. The van der Waals surface area contributed by atoms with Crippen LogP contribution in [0.15, 0.2) is 36.8 Å². The predicted octanol–water partition coefficient (Wildman–Crippen LogP) is 0.823. The van der Waals surface area contributed by atoms with Crippen LogP contribution < -0.4 is 5.73 Å². The number of aliphatic hydroxyl groups is 1. The van der Waals surface area contributed by atoms with E-state index in [-0.39, 0.29) is 12.4 Å². The minimum atomic E-state index is -0.396. The van der Waals surface area contributed by atoms with Gasteiger partial charge in [0.25, 0.3) is 0 Å². The van der Waals surface area contributed by atoms with Gasteiger partial charge < -0.3 is 20.5 Å². The van der Waals surface area contributed by atoms with E-state index in [4.69, 9.17) is 10.8 Å². The molecule has 0 saturated carbocycles. The Labute approximate surface area is 106 Å². The molecule has 96 valence electrons. The first-order valence-electron chi connectivity index (χ1n) is 5.85. The lowest BCUT2D eigenvalue weighted by atomic mass is 10.1. The molecule has 0 aliphatic rings. The molecular formula is C13H17N3O2. The Balaban J connectivity index is 2.02. The largest absolute Gasteiger partial charge is 0.508 e. The molecule has 2 rings (SSSR count). The summed E-state index contributed by atoms with van der Waals surface area (Å²) < 4.78 is 1.94. The van der Waals surface area contributed by atoms with Gasteiger partial charge in [0.2, 0.25) is 0 Å². The van der Waals surface area contributed by atoms with Crippen molar-refractivity contribution in [3.05, 3.63) is 48.0 Å². The first kappa shape index (κ1) is 12.6. The molecule has 1 aromatic heterocycles. The van der Waals surface area contributed by atoms with Crippen LogP contribution in [0, 0.1) is 0 Å². The van der Waals surface area contributed by atoms with Crippen molar-refractivity contribution in [1.29, 1.82) is 0 Å². The number of aliphatic hydroxyl groups excluding tert-OH is 1. The Kier molecular flexibility index (Phi) is 3.96. The Morgan fingerprint density at radius 2 is 2.00 bits per heavy atom. The van der Waals surface area contributed by atoms with Crippen molar-refractivity contribution in [3.8, 4) is 5.75 Å². The summed E-state index contributed by atoms with van der Waals surface area (Å²) >= 11 is 0. The van der Waals surface area contributed by atoms with Gasteiger partial charge in [-0.1, -0.05) is 12.1 Å². The second-order valence-electron chi connectivity index (χ2n) is 4.22. The van der Waals surface area contributed by atoms with Gasteiger partial charge in [0.1, 0.15) is 5.75 Å². The Hall–Kier alpha value is -1.85. The Morgan fingerprint density at radius 3 is 2.67 bits per heavy atom. The highest BCUT2D eigenvalue weighted by Crippen LogP contribution is 2.13. The van der Waals surface area contributed by atoms with E-state index < -0.39 is 6.04 Å². The van der Waals surface area contributed by atoms with E-state index in [0.29, 0.717) is 0 Å². The molecule has 18 heavy (non-hydrogen) atoms. The summed E-state index contributed by atoms with van der Waals surface area (Å²) in [6.07, 6.45) is 4.21. The van der Waals surface area contributed by atoms with Crippen LogP contribution in [0.25, 0.3) is 0 Å². The van der Waals surface area contributed by atoms with Crippen molar-refractivity contribution in [1.82, 2.24) is 9.55 Å². The van der Waals surface area contributed by atoms with Gasteiger partial charge in [-0.05, 0) is 24.1 Å². The molecule has 5 heteroatoms. The van der Waals surface area contributed by atoms with E-state index >= 15 is 0 Å². The fourth-order valence-electron chi connectivity index (χ4n) is 1.83. The maximum Gasteiger partial charge on any atom is 0.115 e. The molecule has 0 fully saturated rings. The van der Waals surface area contributed by atoms with E-state index in [1.54, 1.807) is 24.7 Å². The lowest BCUT2D eigenvalue weighted by Crippen LogP contribution is -2.19. The molecule has 1 atom stereocenters. The molecule has 2 aromatic rings. The lowest BCUT2D eigenvalue weighted by molar-refractivity contribution is 0.263. The van der Waals surface area contributed by atoms with Gasteiger partial charge >= 0.3 is 0 Å². The third kappa shape index (κ3) is 2.88. The number of nitrogens with zero attached hydrogens (tertiary/aromatic N) is 2. The number of phenols is 1. The van der Waals surface area contributed by atoms with Crippen LogP contribution in [0.3, 0.4) is 0 Å². The van der Waals surface area contributed by atoms with Gasteiger partial charge in [0.05, 0.1) is 24.7 Å². The van der Waals surface area contributed by atoms with Gasteiger partial charge in [-0.3, -0.25) is 0 Å². The number of aromatic nitrogens is 2. The zero-order chi connectivity index (χ0) is 13.0. The average Bonchev–Trinajstić information content (AvgIpc) is 2.85. The van der Waals surface area contributed by atoms with Crippen LogP contribution in [0.5, 0.6) is 5.75 Å². The zero-order valence-electron chi connectivity index (χ0n) is 10.0. The molecule has 0 amide bonds. The molecular weight excluding hydrogens is 230 g/mol. The van der Waals surface area contributed by atoms with Crippen molar-refractivity contribution in [2.24, 2.45) is 5.73 Å². The third-order valence-corrected chi connectivity index (χ3v) is 2.90. The maximum atomic E-state index is 9.20. The van der Waals surface area contributed by atoms with E-state index in [2.05, 4.69) is 4.98 Å². The molecule has 1 heterocycles. The fourth-order valence-corrected chi connectivity index (χ4v) is 1.83. The summed E-state index contributed by atoms with van der Waals surface area (Å²) in [5.41, 5.74) is 7.74. The summed E-state index contributed by atoms with van der Waals surface area (Å²) in [7, 11) is 0. The van der Waals surface area contributed by atoms with Crippen LogP contribution in [0.2, 0.25) is 0 Å². The molecule has 1 aromatic carbocycles. The molecule has 0 spiro atoms. The number of benzene rings is 1. The van der Waals surface area contributed by atoms with Crippen molar-refractivity contribution < 1.29 is 10.2 Å². The quantitative estimate of drug-likeness (QED) is 0.730. The zero-order valence-corrected chi connectivity index (χ0v) is 10.0. The Morgan fingerprint density at radius 1 is 1.28 bits per heavy atom.